The zero-order valence-electron chi connectivity index (χ0n) is 43.4. The topological polar surface area (TPSA) is 89.8 Å². The second-order valence-corrected chi connectivity index (χ2v) is 20.2. The van der Waals surface area contributed by atoms with Crippen LogP contribution in [0.25, 0.3) is 0 Å². The van der Waals surface area contributed by atoms with Crippen molar-refractivity contribution in [3.05, 3.63) is 24.3 Å². The molecule has 0 fully saturated rings. The van der Waals surface area contributed by atoms with Gasteiger partial charge in [0.2, 0.25) is 5.91 Å². The van der Waals surface area contributed by atoms with Crippen LogP contribution in [-0.2, 0) is 4.79 Å². The zero-order valence-corrected chi connectivity index (χ0v) is 43.4. The van der Waals surface area contributed by atoms with Crippen molar-refractivity contribution >= 4 is 5.91 Å². The maximum atomic E-state index is 12.5. The second-order valence-electron chi connectivity index (χ2n) is 20.2. The molecule has 4 N–H and O–H groups in total. The van der Waals surface area contributed by atoms with E-state index in [4.69, 9.17) is 0 Å². The van der Waals surface area contributed by atoms with Crippen LogP contribution < -0.4 is 5.32 Å². The van der Waals surface area contributed by atoms with Gasteiger partial charge in [0.15, 0.2) is 0 Å². The maximum absolute atomic E-state index is 12.5. The molecule has 0 aromatic rings. The first-order valence-electron chi connectivity index (χ1n) is 29.2. The van der Waals surface area contributed by atoms with Crippen molar-refractivity contribution in [2.45, 2.75) is 340 Å². The third-order valence-electron chi connectivity index (χ3n) is 13.8. The van der Waals surface area contributed by atoms with Gasteiger partial charge in [-0.1, -0.05) is 314 Å². The number of carbonyl (C=O) groups excluding carboxylic acids is 1. The Bertz CT molecular complexity index is 951. The predicted molar refractivity (Wildman–Crippen MR) is 282 cm³/mol. The number of carbonyl (C=O) groups is 1. The highest BCUT2D eigenvalue weighted by molar-refractivity contribution is 5.80. The molecule has 0 saturated carbocycles. The van der Waals surface area contributed by atoms with Gasteiger partial charge in [-0.2, -0.15) is 0 Å². The number of aliphatic hydroxyl groups excluding tert-OH is 3. The summed E-state index contributed by atoms with van der Waals surface area (Å²) in [6.07, 6.45) is 69.9. The van der Waals surface area contributed by atoms with Crippen molar-refractivity contribution in [3.63, 3.8) is 0 Å². The minimum Gasteiger partial charge on any atom is -0.394 e. The van der Waals surface area contributed by atoms with Crippen LogP contribution in [0.5, 0.6) is 0 Å². The normalized spacial score (nSPS) is 13.4. The Morgan fingerprint density at radius 3 is 0.953 bits per heavy atom. The van der Waals surface area contributed by atoms with Crippen LogP contribution in [0.3, 0.4) is 0 Å². The highest BCUT2D eigenvalue weighted by Gasteiger charge is 2.22. The molecule has 0 aromatic heterocycles. The van der Waals surface area contributed by atoms with E-state index in [9.17, 15) is 20.1 Å². The molecule has 0 saturated heterocycles. The Balaban J connectivity index is 3.52. The Morgan fingerprint density at radius 2 is 0.641 bits per heavy atom. The first-order valence-corrected chi connectivity index (χ1v) is 29.2. The monoisotopic (exact) mass is 902 g/mol. The SMILES string of the molecule is CCCCCCCCCCCCCCC/C=C/CC/C=C/C(O)C(CO)NC(=O)C(O)CCCCCCCCCCCCCCCCCCCCCCCCCCCCCCCCC. The van der Waals surface area contributed by atoms with Gasteiger partial charge in [0, 0.05) is 0 Å². The molecule has 3 atom stereocenters. The number of nitrogens with one attached hydrogen (secondary N) is 1. The molecule has 0 radical (unpaired) electrons. The minimum atomic E-state index is -1.10. The lowest BCUT2D eigenvalue weighted by Crippen LogP contribution is -2.48. The number of aliphatic hydroxyl groups is 3. The Hall–Kier alpha value is -1.17. The van der Waals surface area contributed by atoms with Gasteiger partial charge in [-0.3, -0.25) is 4.79 Å². The van der Waals surface area contributed by atoms with Gasteiger partial charge in [-0.15, -0.1) is 0 Å². The van der Waals surface area contributed by atoms with Crippen LogP contribution in [0, 0.1) is 0 Å². The van der Waals surface area contributed by atoms with Gasteiger partial charge < -0.3 is 20.6 Å². The van der Waals surface area contributed by atoms with Gasteiger partial charge in [-0.25, -0.2) is 0 Å². The summed E-state index contributed by atoms with van der Waals surface area (Å²) in [5.74, 6) is -0.506. The summed E-state index contributed by atoms with van der Waals surface area (Å²) in [5.41, 5.74) is 0. The van der Waals surface area contributed by atoms with Gasteiger partial charge in [0.05, 0.1) is 18.8 Å². The van der Waals surface area contributed by atoms with Gasteiger partial charge in [0.25, 0.3) is 0 Å². The molecule has 1 amide bonds. The van der Waals surface area contributed by atoms with Crippen LogP contribution in [-0.4, -0.2) is 46.1 Å². The van der Waals surface area contributed by atoms with Crippen molar-refractivity contribution in [2.75, 3.05) is 6.61 Å². The first-order chi connectivity index (χ1) is 31.6. The average Bonchev–Trinajstić information content (AvgIpc) is 3.30. The molecule has 0 aliphatic carbocycles. The summed E-state index contributed by atoms with van der Waals surface area (Å²) < 4.78 is 0. The van der Waals surface area contributed by atoms with Gasteiger partial charge in [0.1, 0.15) is 6.10 Å². The van der Waals surface area contributed by atoms with E-state index >= 15 is 0 Å². The van der Waals surface area contributed by atoms with E-state index in [1.54, 1.807) is 6.08 Å². The number of amides is 1. The number of hydrogen-bond donors (Lipinski definition) is 4. The van der Waals surface area contributed by atoms with E-state index in [1.807, 2.05) is 6.08 Å². The molecule has 380 valence electrons. The summed E-state index contributed by atoms with van der Waals surface area (Å²) in [4.78, 5) is 12.5. The zero-order chi connectivity index (χ0) is 46.5. The molecule has 0 aromatic carbocycles. The standard InChI is InChI=1S/C59H115NO4/c1-3-5-7-9-11-13-15-17-19-21-23-24-25-26-27-28-29-30-31-32-33-34-36-38-40-42-44-46-48-50-52-54-58(63)59(64)60-56(55-61)57(62)53-51-49-47-45-43-41-39-37-35-22-20-18-16-14-12-10-8-6-4-2/h43,45,51,53,56-58,61-63H,3-42,44,46-50,52,54-55H2,1-2H3,(H,60,64)/b45-43+,53-51+. The third-order valence-corrected chi connectivity index (χ3v) is 13.8. The summed E-state index contributed by atoms with van der Waals surface area (Å²) in [5, 5.41) is 33.3. The van der Waals surface area contributed by atoms with Crippen molar-refractivity contribution in [2.24, 2.45) is 0 Å². The van der Waals surface area contributed by atoms with E-state index in [-0.39, 0.29) is 6.61 Å². The molecule has 0 heterocycles. The van der Waals surface area contributed by atoms with Crippen LogP contribution in [0.15, 0.2) is 24.3 Å². The second kappa shape index (κ2) is 54.4. The van der Waals surface area contributed by atoms with Crippen LogP contribution in [0.2, 0.25) is 0 Å². The number of rotatable bonds is 54. The third kappa shape index (κ3) is 48.8. The van der Waals surface area contributed by atoms with E-state index < -0.39 is 24.2 Å². The number of allylic oxidation sites excluding steroid dienone is 3. The molecule has 0 aliphatic heterocycles. The molecule has 64 heavy (non-hydrogen) atoms. The van der Waals surface area contributed by atoms with Gasteiger partial charge >= 0.3 is 0 Å². The molecule has 0 aliphatic rings. The van der Waals surface area contributed by atoms with Crippen molar-refractivity contribution < 1.29 is 20.1 Å². The number of hydrogen-bond acceptors (Lipinski definition) is 4. The molecule has 0 spiro atoms. The van der Waals surface area contributed by atoms with Gasteiger partial charge in [-0.05, 0) is 32.1 Å². The summed E-state index contributed by atoms with van der Waals surface area (Å²) >= 11 is 0. The lowest BCUT2D eigenvalue weighted by molar-refractivity contribution is -0.131. The first kappa shape index (κ1) is 62.8. The van der Waals surface area contributed by atoms with E-state index in [2.05, 4.69) is 31.3 Å². The van der Waals surface area contributed by atoms with Crippen molar-refractivity contribution in [1.82, 2.24) is 5.32 Å². The lowest BCUT2D eigenvalue weighted by Gasteiger charge is -2.21. The molecular formula is C59H115NO4. The van der Waals surface area contributed by atoms with E-state index in [0.717, 1.165) is 38.5 Å². The van der Waals surface area contributed by atoms with Crippen LogP contribution in [0.1, 0.15) is 322 Å². The van der Waals surface area contributed by atoms with E-state index in [0.29, 0.717) is 6.42 Å². The van der Waals surface area contributed by atoms with E-state index in [1.165, 1.54) is 263 Å². The van der Waals surface area contributed by atoms with Crippen LogP contribution >= 0.6 is 0 Å². The fraction of sp³-hybridized carbons (Fsp3) is 0.915. The quantitative estimate of drug-likeness (QED) is 0.0362. The highest BCUT2D eigenvalue weighted by Crippen LogP contribution is 2.18. The molecular weight excluding hydrogens is 787 g/mol. The Labute approximate surface area is 401 Å². The average molecular weight is 903 g/mol. The molecule has 0 rings (SSSR count). The lowest BCUT2D eigenvalue weighted by atomic mass is 10.0. The Morgan fingerprint density at radius 1 is 0.375 bits per heavy atom. The summed E-state index contributed by atoms with van der Waals surface area (Å²) in [7, 11) is 0. The smallest absolute Gasteiger partial charge is 0.249 e. The van der Waals surface area contributed by atoms with Crippen LogP contribution in [0.4, 0.5) is 0 Å². The Kier molecular flexibility index (Phi) is 53.4. The number of unbranched alkanes of at least 4 members (excludes halogenated alkanes) is 44. The molecule has 0 bridgehead atoms. The fourth-order valence-corrected chi connectivity index (χ4v) is 9.26. The predicted octanol–water partition coefficient (Wildman–Crippen LogP) is 18.1. The summed E-state index contributed by atoms with van der Waals surface area (Å²) in [6.45, 7) is 4.21. The molecule has 5 nitrogen and oxygen atoms in total. The maximum Gasteiger partial charge on any atom is 0.249 e. The molecule has 3 unspecified atom stereocenters. The summed E-state index contributed by atoms with van der Waals surface area (Å²) in [6, 6.07) is -0.812. The largest absolute Gasteiger partial charge is 0.394 e. The van der Waals surface area contributed by atoms with Crippen molar-refractivity contribution in [1.29, 1.82) is 0 Å². The molecule has 5 heteroatoms. The highest BCUT2D eigenvalue weighted by atomic mass is 16.3. The van der Waals surface area contributed by atoms with Crippen molar-refractivity contribution in [3.8, 4) is 0 Å². The fourth-order valence-electron chi connectivity index (χ4n) is 9.26. The minimum absolute atomic E-state index is 0.372.